The molecule has 0 saturated carbocycles. The van der Waals surface area contributed by atoms with Gasteiger partial charge in [0.25, 0.3) is 11.5 Å². The fourth-order valence-electron chi connectivity index (χ4n) is 3.89. The molecule has 11 heteroatoms. The van der Waals surface area contributed by atoms with E-state index in [4.69, 9.17) is 10.8 Å². The SMILES string of the molecule is Nc1nc2c(c(=O)[nH]1)CC(CCc1cccc(C(=O)N[C@@H](CCC(=O)O)C(=O)O)c1)CCN2. The lowest BCUT2D eigenvalue weighted by atomic mass is 9.91. The number of benzene rings is 1. The molecule has 0 bridgehead atoms. The molecule has 176 valence electrons. The maximum atomic E-state index is 12.5. The number of nitrogens with two attached hydrogens (primary N) is 1. The lowest BCUT2D eigenvalue weighted by Gasteiger charge is -2.15. The molecule has 11 nitrogen and oxygen atoms in total. The van der Waals surface area contributed by atoms with E-state index in [-0.39, 0.29) is 30.3 Å². The molecule has 33 heavy (non-hydrogen) atoms. The quantitative estimate of drug-likeness (QED) is 0.319. The van der Waals surface area contributed by atoms with Crippen molar-refractivity contribution in [1.82, 2.24) is 15.3 Å². The van der Waals surface area contributed by atoms with Gasteiger partial charge in [0.15, 0.2) is 0 Å². The molecule has 1 aromatic heterocycles. The average molecular weight is 457 g/mol. The maximum absolute atomic E-state index is 12.5. The van der Waals surface area contributed by atoms with Gasteiger partial charge in [-0.05, 0) is 55.7 Å². The van der Waals surface area contributed by atoms with E-state index in [9.17, 15) is 24.3 Å². The van der Waals surface area contributed by atoms with Crippen molar-refractivity contribution >= 4 is 29.6 Å². The van der Waals surface area contributed by atoms with Gasteiger partial charge in [-0.3, -0.25) is 19.4 Å². The van der Waals surface area contributed by atoms with Gasteiger partial charge in [0.05, 0.1) is 5.56 Å². The zero-order chi connectivity index (χ0) is 24.0. The number of rotatable bonds is 9. The van der Waals surface area contributed by atoms with Crippen LogP contribution in [-0.4, -0.2) is 50.6 Å². The summed E-state index contributed by atoms with van der Waals surface area (Å²) in [7, 11) is 0. The third-order valence-corrected chi connectivity index (χ3v) is 5.65. The Morgan fingerprint density at radius 1 is 1.27 bits per heavy atom. The van der Waals surface area contributed by atoms with E-state index in [1.807, 2.05) is 6.07 Å². The molecule has 0 fully saturated rings. The molecule has 0 aliphatic carbocycles. The average Bonchev–Trinajstić information content (AvgIpc) is 2.97. The Morgan fingerprint density at radius 3 is 2.79 bits per heavy atom. The number of carbonyl (C=O) groups excluding carboxylic acids is 1. The summed E-state index contributed by atoms with van der Waals surface area (Å²) in [6.07, 6.45) is 2.30. The number of aryl methyl sites for hydroxylation is 1. The molecule has 1 aromatic carbocycles. The van der Waals surface area contributed by atoms with Gasteiger partial charge in [0.2, 0.25) is 5.95 Å². The molecule has 1 amide bonds. The van der Waals surface area contributed by atoms with Crippen molar-refractivity contribution in [3.8, 4) is 0 Å². The van der Waals surface area contributed by atoms with Gasteiger partial charge in [-0.25, -0.2) is 4.79 Å². The highest BCUT2D eigenvalue weighted by Gasteiger charge is 2.23. The maximum Gasteiger partial charge on any atom is 0.326 e. The third-order valence-electron chi connectivity index (χ3n) is 5.65. The Kier molecular flexibility index (Phi) is 7.65. The molecule has 2 heterocycles. The van der Waals surface area contributed by atoms with E-state index in [2.05, 4.69) is 20.6 Å². The number of aromatic amines is 1. The number of fused-ring (bicyclic) bond motifs is 1. The van der Waals surface area contributed by atoms with Crippen LogP contribution in [0.4, 0.5) is 11.8 Å². The lowest BCUT2D eigenvalue weighted by Crippen LogP contribution is -2.41. The van der Waals surface area contributed by atoms with Crippen LogP contribution in [0.3, 0.4) is 0 Å². The minimum absolute atomic E-state index is 0.0767. The van der Waals surface area contributed by atoms with Crippen LogP contribution in [0.2, 0.25) is 0 Å². The minimum Gasteiger partial charge on any atom is -0.481 e. The summed E-state index contributed by atoms with van der Waals surface area (Å²) < 4.78 is 0. The van der Waals surface area contributed by atoms with Gasteiger partial charge in [-0.1, -0.05) is 12.1 Å². The van der Waals surface area contributed by atoms with Crippen LogP contribution >= 0.6 is 0 Å². The van der Waals surface area contributed by atoms with Crippen molar-refractivity contribution < 1.29 is 24.6 Å². The number of anilines is 2. The van der Waals surface area contributed by atoms with Gasteiger partial charge >= 0.3 is 11.9 Å². The summed E-state index contributed by atoms with van der Waals surface area (Å²) in [6.45, 7) is 0.670. The predicted molar refractivity (Wildman–Crippen MR) is 120 cm³/mol. The van der Waals surface area contributed by atoms with E-state index in [0.717, 1.165) is 18.4 Å². The van der Waals surface area contributed by atoms with Gasteiger partial charge in [0.1, 0.15) is 11.9 Å². The molecule has 1 aliphatic heterocycles. The van der Waals surface area contributed by atoms with Crippen LogP contribution in [0.25, 0.3) is 0 Å². The normalized spacial score (nSPS) is 16.1. The highest BCUT2D eigenvalue weighted by Crippen LogP contribution is 2.24. The van der Waals surface area contributed by atoms with Gasteiger partial charge in [0, 0.05) is 18.5 Å². The number of amides is 1. The first-order chi connectivity index (χ1) is 15.7. The number of nitrogens with zero attached hydrogens (tertiary/aromatic N) is 1. The molecular weight excluding hydrogens is 430 g/mol. The molecule has 0 saturated heterocycles. The van der Waals surface area contributed by atoms with Crippen LogP contribution < -0.4 is 21.9 Å². The molecule has 0 spiro atoms. The zero-order valence-corrected chi connectivity index (χ0v) is 18.0. The predicted octanol–water partition coefficient (Wildman–Crippen LogP) is 1.01. The Balaban J connectivity index is 1.62. The van der Waals surface area contributed by atoms with E-state index < -0.39 is 23.9 Å². The Morgan fingerprint density at radius 2 is 2.06 bits per heavy atom. The fraction of sp³-hybridized carbons (Fsp3) is 0.409. The summed E-state index contributed by atoms with van der Waals surface area (Å²) in [5, 5.41) is 23.5. The fourth-order valence-corrected chi connectivity index (χ4v) is 3.89. The number of hydrogen-bond acceptors (Lipinski definition) is 7. The molecular formula is C22H27N5O6. The van der Waals surface area contributed by atoms with E-state index in [1.54, 1.807) is 18.2 Å². The number of H-pyrrole nitrogens is 1. The summed E-state index contributed by atoms with van der Waals surface area (Å²) in [4.78, 5) is 53.5. The van der Waals surface area contributed by atoms with Crippen molar-refractivity contribution in [3.63, 3.8) is 0 Å². The van der Waals surface area contributed by atoms with Crippen LogP contribution in [0.1, 0.15) is 47.2 Å². The Hall–Kier alpha value is -3.89. The van der Waals surface area contributed by atoms with Crippen LogP contribution in [0, 0.1) is 5.92 Å². The minimum atomic E-state index is -1.28. The van der Waals surface area contributed by atoms with Gasteiger partial charge in [-0.15, -0.1) is 0 Å². The molecule has 1 aliphatic rings. The van der Waals surface area contributed by atoms with Crippen molar-refractivity contribution in [1.29, 1.82) is 0 Å². The van der Waals surface area contributed by atoms with Crippen molar-refractivity contribution in [2.24, 2.45) is 5.92 Å². The van der Waals surface area contributed by atoms with E-state index in [0.29, 0.717) is 36.3 Å². The highest BCUT2D eigenvalue weighted by molar-refractivity contribution is 5.96. The van der Waals surface area contributed by atoms with E-state index >= 15 is 0 Å². The second-order valence-corrected chi connectivity index (χ2v) is 8.10. The van der Waals surface area contributed by atoms with Crippen molar-refractivity contribution in [2.75, 3.05) is 17.6 Å². The number of nitrogens with one attached hydrogen (secondary N) is 3. The standard InChI is InChI=1S/C22H27N5O6/c23-22-26-18-15(20(31)27-22)11-13(8-9-24-18)5-4-12-2-1-3-14(10-12)19(30)25-16(21(32)33)6-7-17(28)29/h1-3,10,13,16H,4-9,11H2,(H,25,30)(H,28,29)(H,32,33)(H4,23,24,26,27,31)/t13?,16-/m0/s1. The van der Waals surface area contributed by atoms with Crippen LogP contribution in [0.5, 0.6) is 0 Å². The molecule has 1 unspecified atom stereocenters. The number of carbonyl (C=O) groups is 3. The lowest BCUT2D eigenvalue weighted by molar-refractivity contribution is -0.140. The number of carboxylic acids is 2. The molecule has 2 atom stereocenters. The van der Waals surface area contributed by atoms with Crippen LogP contribution in [-0.2, 0) is 22.4 Å². The van der Waals surface area contributed by atoms with Crippen LogP contribution in [0.15, 0.2) is 29.1 Å². The van der Waals surface area contributed by atoms with Crippen molar-refractivity contribution in [3.05, 3.63) is 51.3 Å². The third kappa shape index (κ3) is 6.55. The molecule has 3 rings (SSSR count). The van der Waals surface area contributed by atoms with Crippen molar-refractivity contribution in [2.45, 2.75) is 44.6 Å². The number of aliphatic carboxylic acids is 2. The first-order valence-electron chi connectivity index (χ1n) is 10.7. The second kappa shape index (κ2) is 10.6. The highest BCUT2D eigenvalue weighted by atomic mass is 16.4. The Labute approximate surface area is 189 Å². The number of carboxylic acid groups (broad SMARTS) is 2. The summed E-state index contributed by atoms with van der Waals surface area (Å²) in [5.41, 5.74) is 7.17. The zero-order valence-electron chi connectivity index (χ0n) is 18.0. The van der Waals surface area contributed by atoms with Gasteiger partial charge in [-0.2, -0.15) is 4.98 Å². The van der Waals surface area contributed by atoms with E-state index in [1.165, 1.54) is 0 Å². The largest absolute Gasteiger partial charge is 0.481 e. The smallest absolute Gasteiger partial charge is 0.326 e. The number of hydrogen-bond donors (Lipinski definition) is 6. The second-order valence-electron chi connectivity index (χ2n) is 8.10. The summed E-state index contributed by atoms with van der Waals surface area (Å²) >= 11 is 0. The Bertz CT molecular complexity index is 1100. The monoisotopic (exact) mass is 457 g/mol. The first kappa shape index (κ1) is 23.8. The topological polar surface area (TPSA) is 187 Å². The summed E-state index contributed by atoms with van der Waals surface area (Å²) in [5.74, 6) is -2.15. The number of nitrogen functional groups attached to an aromatic ring is 1. The molecule has 2 aromatic rings. The summed E-state index contributed by atoms with van der Waals surface area (Å²) in [6, 6.07) is 5.60. The molecule has 0 radical (unpaired) electrons. The van der Waals surface area contributed by atoms with Gasteiger partial charge < -0.3 is 26.6 Å². The number of aromatic nitrogens is 2. The molecule has 7 N–H and O–H groups in total. The first-order valence-corrected chi connectivity index (χ1v) is 10.7.